The second-order valence-electron chi connectivity index (χ2n) is 1.89. The number of rotatable bonds is 4. The van der Waals surface area contributed by atoms with Crippen LogP contribution in [0.15, 0.2) is 5.38 Å². The van der Waals surface area contributed by atoms with Gasteiger partial charge in [0.05, 0.1) is 0 Å². The summed E-state index contributed by atoms with van der Waals surface area (Å²) in [5.74, 6) is -1.16. The molecule has 1 aromatic heterocycles. The van der Waals surface area contributed by atoms with E-state index in [0.29, 0.717) is 6.41 Å². The molecule has 1 rings (SSSR count). The van der Waals surface area contributed by atoms with E-state index in [4.69, 9.17) is 5.11 Å². The van der Waals surface area contributed by atoms with E-state index >= 15 is 0 Å². The lowest BCUT2D eigenvalue weighted by Crippen LogP contribution is -2.27. The monoisotopic (exact) mass is 187 g/mol. The van der Waals surface area contributed by atoms with E-state index in [1.165, 1.54) is 5.38 Å². The fraction of sp³-hybridized carbons (Fsp3) is 0.200. The minimum Gasteiger partial charge on any atom is -0.479 e. The van der Waals surface area contributed by atoms with Gasteiger partial charge in [-0.3, -0.25) is 4.79 Å². The first-order valence-corrected chi connectivity index (χ1v) is 3.79. The first-order valence-electron chi connectivity index (χ1n) is 2.95. The second-order valence-corrected chi connectivity index (χ2v) is 2.50. The minimum absolute atomic E-state index is 0.236. The average Bonchev–Trinajstić information content (AvgIpc) is 2.51. The first kappa shape index (κ1) is 8.60. The van der Waals surface area contributed by atoms with Gasteiger partial charge < -0.3 is 10.4 Å². The molecule has 64 valence electrons. The van der Waals surface area contributed by atoms with Crippen LogP contribution in [0.1, 0.15) is 11.7 Å². The van der Waals surface area contributed by atoms with Crippen molar-refractivity contribution >= 4 is 23.9 Å². The van der Waals surface area contributed by atoms with Crippen LogP contribution in [0.2, 0.25) is 0 Å². The molecule has 0 radical (unpaired) electrons. The largest absolute Gasteiger partial charge is 0.479 e. The van der Waals surface area contributed by atoms with Crippen molar-refractivity contribution in [2.45, 2.75) is 6.04 Å². The Hall–Kier alpha value is -1.50. The number of hydrogen-bond acceptors (Lipinski definition) is 5. The zero-order chi connectivity index (χ0) is 8.97. The summed E-state index contributed by atoms with van der Waals surface area (Å²) < 4.78 is 3.48. The van der Waals surface area contributed by atoms with Crippen LogP contribution >= 0.6 is 11.5 Å². The number of aromatic nitrogens is 2. The number of carbonyl (C=O) groups is 2. The quantitative estimate of drug-likeness (QED) is 0.614. The number of carboxylic acid groups (broad SMARTS) is 1. The Bertz CT molecular complexity index is 273. The summed E-state index contributed by atoms with van der Waals surface area (Å²) in [6.07, 6.45) is 0.318. The summed E-state index contributed by atoms with van der Waals surface area (Å²) in [5, 5.41) is 15.7. The van der Waals surface area contributed by atoms with Gasteiger partial charge in [-0.1, -0.05) is 4.49 Å². The van der Waals surface area contributed by atoms with Crippen LogP contribution in [0.3, 0.4) is 0 Å². The van der Waals surface area contributed by atoms with Crippen molar-refractivity contribution in [3.05, 3.63) is 11.1 Å². The maximum atomic E-state index is 10.5. The SMILES string of the molecule is O=CNC(C(=O)O)c1csnn1. The Labute approximate surface area is 71.4 Å². The van der Waals surface area contributed by atoms with E-state index in [1.807, 2.05) is 0 Å². The third-order valence-corrected chi connectivity index (χ3v) is 1.68. The lowest BCUT2D eigenvalue weighted by Gasteiger charge is -2.05. The number of aliphatic carboxylic acids is 1. The number of nitrogens with zero attached hydrogens (tertiary/aromatic N) is 2. The molecular formula is C5H5N3O3S. The highest BCUT2D eigenvalue weighted by Crippen LogP contribution is 2.09. The van der Waals surface area contributed by atoms with E-state index in [-0.39, 0.29) is 5.69 Å². The molecular weight excluding hydrogens is 182 g/mol. The van der Waals surface area contributed by atoms with Gasteiger partial charge >= 0.3 is 5.97 Å². The summed E-state index contributed by atoms with van der Waals surface area (Å²) in [4.78, 5) is 20.5. The summed E-state index contributed by atoms with van der Waals surface area (Å²) in [6.45, 7) is 0. The van der Waals surface area contributed by atoms with Crippen LogP contribution in [0.25, 0.3) is 0 Å². The summed E-state index contributed by atoms with van der Waals surface area (Å²) in [5.41, 5.74) is 0.236. The third-order valence-electron chi connectivity index (χ3n) is 1.15. The van der Waals surface area contributed by atoms with E-state index in [1.54, 1.807) is 0 Å². The Morgan fingerprint density at radius 2 is 2.58 bits per heavy atom. The molecule has 0 fully saturated rings. The zero-order valence-corrected chi connectivity index (χ0v) is 6.61. The maximum absolute atomic E-state index is 10.5. The summed E-state index contributed by atoms with van der Waals surface area (Å²) in [6, 6.07) is -1.10. The van der Waals surface area contributed by atoms with Crippen LogP contribution in [0, 0.1) is 0 Å². The molecule has 1 atom stereocenters. The fourth-order valence-electron chi connectivity index (χ4n) is 0.649. The van der Waals surface area contributed by atoms with Gasteiger partial charge in [0.25, 0.3) is 0 Å². The molecule has 7 heteroatoms. The number of carbonyl (C=O) groups excluding carboxylic acids is 1. The third kappa shape index (κ3) is 1.76. The predicted molar refractivity (Wildman–Crippen MR) is 39.5 cm³/mol. The Balaban J connectivity index is 2.80. The van der Waals surface area contributed by atoms with Crippen molar-refractivity contribution in [3.63, 3.8) is 0 Å². The summed E-state index contributed by atoms with van der Waals surface area (Å²) >= 11 is 1.03. The van der Waals surface area contributed by atoms with Gasteiger partial charge in [0, 0.05) is 5.38 Å². The van der Waals surface area contributed by atoms with Crippen LogP contribution in [0.5, 0.6) is 0 Å². The van der Waals surface area contributed by atoms with Gasteiger partial charge in [0.2, 0.25) is 6.41 Å². The van der Waals surface area contributed by atoms with Gasteiger partial charge in [-0.05, 0) is 11.5 Å². The van der Waals surface area contributed by atoms with Crippen LogP contribution in [-0.4, -0.2) is 27.1 Å². The average molecular weight is 187 g/mol. The standard InChI is InChI=1S/C5H5N3O3S/c9-2-6-4(5(10)11)3-1-12-8-7-3/h1-2,4H,(H,6,9)(H,10,11). The fourth-order valence-corrected chi connectivity index (χ4v) is 1.13. The van der Waals surface area contributed by atoms with Gasteiger partial charge in [0.15, 0.2) is 6.04 Å². The number of carboxylic acids is 1. The van der Waals surface area contributed by atoms with Crippen LogP contribution < -0.4 is 5.32 Å². The molecule has 1 unspecified atom stereocenters. The molecule has 0 bridgehead atoms. The highest BCUT2D eigenvalue weighted by atomic mass is 32.1. The molecule has 0 spiro atoms. The normalized spacial score (nSPS) is 12.0. The Kier molecular flexibility index (Phi) is 2.70. The zero-order valence-electron chi connectivity index (χ0n) is 5.80. The smallest absolute Gasteiger partial charge is 0.332 e. The van der Waals surface area contributed by atoms with Crippen molar-refractivity contribution in [1.29, 1.82) is 0 Å². The van der Waals surface area contributed by atoms with E-state index in [0.717, 1.165) is 11.5 Å². The number of nitrogens with one attached hydrogen (secondary N) is 1. The van der Waals surface area contributed by atoms with Crippen molar-refractivity contribution in [3.8, 4) is 0 Å². The van der Waals surface area contributed by atoms with E-state index in [2.05, 4.69) is 14.9 Å². The molecule has 0 saturated carbocycles. The molecule has 0 aliphatic heterocycles. The van der Waals surface area contributed by atoms with E-state index in [9.17, 15) is 9.59 Å². The molecule has 0 aliphatic rings. The molecule has 1 amide bonds. The molecule has 1 aromatic rings. The van der Waals surface area contributed by atoms with Crippen LogP contribution in [-0.2, 0) is 9.59 Å². The van der Waals surface area contributed by atoms with Gasteiger partial charge in [-0.15, -0.1) is 5.10 Å². The molecule has 2 N–H and O–H groups in total. The van der Waals surface area contributed by atoms with Gasteiger partial charge in [-0.2, -0.15) is 0 Å². The van der Waals surface area contributed by atoms with Crippen LogP contribution in [0.4, 0.5) is 0 Å². The molecule has 6 nitrogen and oxygen atoms in total. The number of hydrogen-bond donors (Lipinski definition) is 2. The Morgan fingerprint density at radius 3 is 3.00 bits per heavy atom. The minimum atomic E-state index is -1.16. The molecule has 12 heavy (non-hydrogen) atoms. The molecule has 0 aliphatic carbocycles. The first-order chi connectivity index (χ1) is 5.75. The van der Waals surface area contributed by atoms with Gasteiger partial charge in [-0.25, -0.2) is 4.79 Å². The predicted octanol–water partition coefficient (Wildman–Crippen LogP) is -0.590. The van der Waals surface area contributed by atoms with Crippen molar-refractivity contribution < 1.29 is 14.7 Å². The lowest BCUT2D eigenvalue weighted by atomic mass is 10.2. The molecule has 0 aromatic carbocycles. The molecule has 0 saturated heterocycles. The van der Waals surface area contributed by atoms with Crippen molar-refractivity contribution in [1.82, 2.24) is 14.9 Å². The highest BCUT2D eigenvalue weighted by Gasteiger charge is 2.20. The maximum Gasteiger partial charge on any atom is 0.332 e. The van der Waals surface area contributed by atoms with Gasteiger partial charge in [0.1, 0.15) is 5.69 Å². The van der Waals surface area contributed by atoms with Crippen molar-refractivity contribution in [2.75, 3.05) is 0 Å². The lowest BCUT2D eigenvalue weighted by molar-refractivity contribution is -0.140. The number of amides is 1. The Morgan fingerprint density at radius 1 is 1.83 bits per heavy atom. The second kappa shape index (κ2) is 3.77. The highest BCUT2D eigenvalue weighted by molar-refractivity contribution is 7.03. The van der Waals surface area contributed by atoms with Crippen molar-refractivity contribution in [2.24, 2.45) is 0 Å². The molecule has 1 heterocycles. The topological polar surface area (TPSA) is 92.2 Å². The van der Waals surface area contributed by atoms with E-state index < -0.39 is 12.0 Å². The summed E-state index contributed by atoms with van der Waals surface area (Å²) in [7, 11) is 0.